The first kappa shape index (κ1) is 15.3. The van der Waals surface area contributed by atoms with E-state index < -0.39 is 0 Å². The van der Waals surface area contributed by atoms with E-state index in [2.05, 4.69) is 22.2 Å². The summed E-state index contributed by atoms with van der Waals surface area (Å²) in [5.74, 6) is 0.396. The Hall–Kier alpha value is -0.610. The highest BCUT2D eigenvalue weighted by Gasteiger charge is 2.35. The number of amides is 1. The van der Waals surface area contributed by atoms with Gasteiger partial charge < -0.3 is 15.1 Å². The third-order valence-corrected chi connectivity index (χ3v) is 5.61. The number of piperidine rings is 1. The Bertz CT molecular complexity index is 344. The summed E-state index contributed by atoms with van der Waals surface area (Å²) in [7, 11) is 2.20. The van der Waals surface area contributed by atoms with Crippen molar-refractivity contribution >= 4 is 5.91 Å². The fourth-order valence-electron chi connectivity index (χ4n) is 4.27. The van der Waals surface area contributed by atoms with Gasteiger partial charge in [0.2, 0.25) is 5.91 Å². The van der Waals surface area contributed by atoms with Crippen LogP contribution in [0.25, 0.3) is 0 Å². The zero-order valence-corrected chi connectivity index (χ0v) is 13.5. The SMILES string of the molecule is CN1CCC(NC2CC(=O)N(C3CCCCCC3)C2)CC1. The minimum absolute atomic E-state index is 0.396. The number of carbonyl (C=O) groups is 1. The highest BCUT2D eigenvalue weighted by atomic mass is 16.2. The second-order valence-electron chi connectivity index (χ2n) is 7.34. The molecular formula is C17H31N3O. The molecule has 4 nitrogen and oxygen atoms in total. The quantitative estimate of drug-likeness (QED) is 0.808. The first-order chi connectivity index (χ1) is 10.2. The summed E-state index contributed by atoms with van der Waals surface area (Å²) in [6, 6.07) is 1.55. The van der Waals surface area contributed by atoms with Gasteiger partial charge in [-0.15, -0.1) is 0 Å². The predicted molar refractivity (Wildman–Crippen MR) is 85.3 cm³/mol. The molecule has 2 aliphatic heterocycles. The predicted octanol–water partition coefficient (Wildman–Crippen LogP) is 1.99. The van der Waals surface area contributed by atoms with E-state index in [-0.39, 0.29) is 0 Å². The second-order valence-corrected chi connectivity index (χ2v) is 7.34. The molecule has 1 unspecified atom stereocenters. The van der Waals surface area contributed by atoms with Crippen molar-refractivity contribution in [2.75, 3.05) is 26.7 Å². The molecule has 3 fully saturated rings. The van der Waals surface area contributed by atoms with E-state index in [4.69, 9.17) is 0 Å². The van der Waals surface area contributed by atoms with Crippen LogP contribution in [0.3, 0.4) is 0 Å². The second kappa shape index (κ2) is 7.10. The molecule has 0 bridgehead atoms. The molecule has 2 heterocycles. The van der Waals surface area contributed by atoms with Crippen LogP contribution in [0.15, 0.2) is 0 Å². The van der Waals surface area contributed by atoms with E-state index in [0.29, 0.717) is 24.0 Å². The lowest BCUT2D eigenvalue weighted by Crippen LogP contribution is -2.46. The summed E-state index contributed by atoms with van der Waals surface area (Å²) in [5, 5.41) is 3.76. The highest BCUT2D eigenvalue weighted by molar-refractivity contribution is 5.79. The summed E-state index contributed by atoms with van der Waals surface area (Å²) in [6.07, 6.45) is 11.0. The third-order valence-electron chi connectivity index (χ3n) is 5.61. The minimum atomic E-state index is 0.396. The zero-order valence-electron chi connectivity index (χ0n) is 13.5. The van der Waals surface area contributed by atoms with E-state index in [9.17, 15) is 4.79 Å². The topological polar surface area (TPSA) is 35.6 Å². The van der Waals surface area contributed by atoms with Crippen LogP contribution in [-0.4, -0.2) is 60.5 Å². The summed E-state index contributed by atoms with van der Waals surface area (Å²) in [5.41, 5.74) is 0. The number of likely N-dealkylation sites (tertiary alicyclic amines) is 2. The summed E-state index contributed by atoms with van der Waals surface area (Å²) < 4.78 is 0. The lowest BCUT2D eigenvalue weighted by molar-refractivity contribution is -0.129. The minimum Gasteiger partial charge on any atom is -0.338 e. The fourth-order valence-corrected chi connectivity index (χ4v) is 4.27. The normalized spacial score (nSPS) is 30.8. The standard InChI is InChI=1S/C17H31N3O/c1-19-10-8-14(9-11-19)18-15-12-17(21)20(13-15)16-6-4-2-3-5-7-16/h14-16,18H,2-13H2,1H3. The Morgan fingerprint density at radius 1 is 0.952 bits per heavy atom. The molecule has 1 aliphatic carbocycles. The van der Waals surface area contributed by atoms with Crippen molar-refractivity contribution in [3.8, 4) is 0 Å². The maximum Gasteiger partial charge on any atom is 0.224 e. The van der Waals surface area contributed by atoms with E-state index in [1.165, 1.54) is 64.5 Å². The van der Waals surface area contributed by atoms with Gasteiger partial charge in [-0.25, -0.2) is 0 Å². The van der Waals surface area contributed by atoms with Crippen LogP contribution in [0.2, 0.25) is 0 Å². The molecule has 1 atom stereocenters. The van der Waals surface area contributed by atoms with Gasteiger partial charge in [-0.05, 0) is 45.8 Å². The molecule has 3 aliphatic rings. The monoisotopic (exact) mass is 293 g/mol. The van der Waals surface area contributed by atoms with Gasteiger partial charge in [0.1, 0.15) is 0 Å². The Balaban J connectivity index is 1.49. The van der Waals surface area contributed by atoms with Crippen molar-refractivity contribution in [2.45, 2.75) is 75.9 Å². The van der Waals surface area contributed by atoms with Crippen molar-refractivity contribution in [2.24, 2.45) is 0 Å². The van der Waals surface area contributed by atoms with Gasteiger partial charge in [-0.1, -0.05) is 25.7 Å². The van der Waals surface area contributed by atoms with Crippen molar-refractivity contribution in [1.29, 1.82) is 0 Å². The molecule has 0 aromatic carbocycles. The van der Waals surface area contributed by atoms with Crippen molar-refractivity contribution < 1.29 is 4.79 Å². The molecule has 3 rings (SSSR count). The van der Waals surface area contributed by atoms with Crippen molar-refractivity contribution in [1.82, 2.24) is 15.1 Å². The van der Waals surface area contributed by atoms with Crippen LogP contribution in [0.1, 0.15) is 57.8 Å². The van der Waals surface area contributed by atoms with Gasteiger partial charge in [0.15, 0.2) is 0 Å². The average Bonchev–Trinajstić information content (AvgIpc) is 2.68. The van der Waals surface area contributed by atoms with Gasteiger partial charge in [-0.2, -0.15) is 0 Å². The largest absolute Gasteiger partial charge is 0.338 e. The van der Waals surface area contributed by atoms with Crippen LogP contribution in [0, 0.1) is 0 Å². The molecule has 0 aromatic rings. The van der Waals surface area contributed by atoms with Gasteiger partial charge >= 0.3 is 0 Å². The number of carbonyl (C=O) groups excluding carboxylic acids is 1. The number of rotatable bonds is 3. The van der Waals surface area contributed by atoms with Crippen LogP contribution < -0.4 is 5.32 Å². The van der Waals surface area contributed by atoms with E-state index in [1.54, 1.807) is 0 Å². The van der Waals surface area contributed by atoms with Gasteiger partial charge in [0.05, 0.1) is 0 Å². The Labute approximate surface area is 129 Å². The number of nitrogens with one attached hydrogen (secondary N) is 1. The smallest absolute Gasteiger partial charge is 0.224 e. The molecule has 0 radical (unpaired) electrons. The first-order valence-electron chi connectivity index (χ1n) is 8.96. The van der Waals surface area contributed by atoms with Crippen molar-refractivity contribution in [3.63, 3.8) is 0 Å². The highest BCUT2D eigenvalue weighted by Crippen LogP contribution is 2.26. The molecule has 1 N–H and O–H groups in total. The Morgan fingerprint density at radius 2 is 1.62 bits per heavy atom. The average molecular weight is 293 g/mol. The molecule has 1 amide bonds. The molecule has 0 aromatic heterocycles. The Kier molecular flexibility index (Phi) is 5.17. The van der Waals surface area contributed by atoms with Crippen LogP contribution in [0.5, 0.6) is 0 Å². The van der Waals surface area contributed by atoms with Crippen LogP contribution >= 0.6 is 0 Å². The number of hydrogen-bond acceptors (Lipinski definition) is 3. The van der Waals surface area contributed by atoms with Crippen LogP contribution in [0.4, 0.5) is 0 Å². The van der Waals surface area contributed by atoms with Gasteiger partial charge in [-0.3, -0.25) is 4.79 Å². The van der Waals surface area contributed by atoms with Gasteiger partial charge in [0.25, 0.3) is 0 Å². The molecule has 120 valence electrons. The first-order valence-corrected chi connectivity index (χ1v) is 8.96. The lowest BCUT2D eigenvalue weighted by atomic mass is 10.0. The molecule has 4 heteroatoms. The molecule has 1 saturated carbocycles. The summed E-state index contributed by atoms with van der Waals surface area (Å²) in [6.45, 7) is 3.32. The fraction of sp³-hybridized carbons (Fsp3) is 0.941. The number of hydrogen-bond donors (Lipinski definition) is 1. The molecular weight excluding hydrogens is 262 g/mol. The summed E-state index contributed by atoms with van der Waals surface area (Å²) >= 11 is 0. The van der Waals surface area contributed by atoms with E-state index in [1.807, 2.05) is 0 Å². The summed E-state index contributed by atoms with van der Waals surface area (Å²) in [4.78, 5) is 17.0. The third kappa shape index (κ3) is 3.98. The van der Waals surface area contributed by atoms with Crippen molar-refractivity contribution in [3.05, 3.63) is 0 Å². The maximum atomic E-state index is 12.4. The van der Waals surface area contributed by atoms with E-state index >= 15 is 0 Å². The molecule has 21 heavy (non-hydrogen) atoms. The molecule has 0 spiro atoms. The maximum absolute atomic E-state index is 12.4. The van der Waals surface area contributed by atoms with Crippen LogP contribution in [-0.2, 0) is 4.79 Å². The lowest BCUT2D eigenvalue weighted by Gasteiger charge is -2.32. The number of nitrogens with zero attached hydrogens (tertiary/aromatic N) is 2. The zero-order chi connectivity index (χ0) is 14.7. The Morgan fingerprint density at radius 3 is 2.29 bits per heavy atom. The van der Waals surface area contributed by atoms with Gasteiger partial charge in [0, 0.05) is 31.1 Å². The molecule has 2 saturated heterocycles. The van der Waals surface area contributed by atoms with E-state index in [0.717, 1.165) is 13.0 Å².